The van der Waals surface area contributed by atoms with Gasteiger partial charge in [-0.1, -0.05) is 30.3 Å². The lowest BCUT2D eigenvalue weighted by Crippen LogP contribution is -2.49. The van der Waals surface area contributed by atoms with Crippen LogP contribution >= 0.6 is 0 Å². The Balaban J connectivity index is 2.13. The highest BCUT2D eigenvalue weighted by atomic mass is 16.6. The normalized spacial score (nSPS) is 16.7. The van der Waals surface area contributed by atoms with Gasteiger partial charge in [-0.2, -0.15) is 0 Å². The van der Waals surface area contributed by atoms with Crippen molar-refractivity contribution in [3.63, 3.8) is 0 Å². The van der Waals surface area contributed by atoms with Gasteiger partial charge in [0, 0.05) is 0 Å². The van der Waals surface area contributed by atoms with Crippen molar-refractivity contribution < 1.29 is 19.4 Å². The Morgan fingerprint density at radius 3 is 2.65 bits per heavy atom. The van der Waals surface area contributed by atoms with Gasteiger partial charge in [0.2, 0.25) is 0 Å². The largest absolute Gasteiger partial charge is 0.548 e. The number of carbonyl (C=O) groups is 2. The maximum Gasteiger partial charge on any atom is 0.410 e. The van der Waals surface area contributed by atoms with E-state index in [0.717, 1.165) is 5.56 Å². The zero-order valence-electron chi connectivity index (χ0n) is 9.17. The number of hydrogen-bond donors (Lipinski definition) is 0. The lowest BCUT2D eigenvalue weighted by Gasteiger charge is -2.26. The molecule has 90 valence electrons. The van der Waals surface area contributed by atoms with Crippen molar-refractivity contribution in [2.24, 2.45) is 0 Å². The molecule has 2 rings (SSSR count). The Labute approximate surface area is 98.6 Å². The van der Waals surface area contributed by atoms with E-state index in [1.165, 1.54) is 4.90 Å². The van der Waals surface area contributed by atoms with Crippen LogP contribution in [0.1, 0.15) is 5.56 Å². The van der Waals surface area contributed by atoms with Gasteiger partial charge in [-0.25, -0.2) is 4.79 Å². The third-order valence-electron chi connectivity index (χ3n) is 2.71. The molecule has 1 unspecified atom stereocenters. The summed E-state index contributed by atoms with van der Waals surface area (Å²) in [5.41, 5.74) is 0.849. The first-order valence-electron chi connectivity index (χ1n) is 5.36. The predicted octanol–water partition coefficient (Wildman–Crippen LogP) is -0.200. The van der Waals surface area contributed by atoms with E-state index in [1.807, 2.05) is 30.3 Å². The maximum atomic E-state index is 11.3. The fraction of sp³-hybridized carbons (Fsp3) is 0.333. The van der Waals surface area contributed by atoms with Crippen molar-refractivity contribution in [1.29, 1.82) is 0 Å². The molecule has 1 aliphatic heterocycles. The number of aliphatic carboxylic acids is 1. The number of carbonyl (C=O) groups excluding carboxylic acids is 2. The molecule has 0 bridgehead atoms. The molecule has 5 heteroatoms. The van der Waals surface area contributed by atoms with Crippen LogP contribution in [0.4, 0.5) is 4.79 Å². The third kappa shape index (κ3) is 2.55. The van der Waals surface area contributed by atoms with Gasteiger partial charge in [-0.3, -0.25) is 4.90 Å². The number of carboxylic acids is 1. The fourth-order valence-corrected chi connectivity index (χ4v) is 1.85. The number of carboxylic acid groups (broad SMARTS) is 1. The van der Waals surface area contributed by atoms with E-state index in [1.54, 1.807) is 0 Å². The van der Waals surface area contributed by atoms with Crippen molar-refractivity contribution >= 4 is 12.1 Å². The highest BCUT2D eigenvalue weighted by Gasteiger charge is 2.30. The van der Waals surface area contributed by atoms with Crippen LogP contribution in [-0.2, 0) is 16.0 Å². The Morgan fingerprint density at radius 1 is 1.41 bits per heavy atom. The zero-order valence-corrected chi connectivity index (χ0v) is 9.17. The number of amides is 1. The van der Waals surface area contributed by atoms with Crippen molar-refractivity contribution in [2.45, 2.75) is 12.5 Å². The minimum Gasteiger partial charge on any atom is -0.548 e. The second-order valence-corrected chi connectivity index (χ2v) is 3.83. The van der Waals surface area contributed by atoms with E-state index in [0.29, 0.717) is 6.54 Å². The predicted molar refractivity (Wildman–Crippen MR) is 57.0 cm³/mol. The van der Waals surface area contributed by atoms with Crippen LogP contribution in [0.2, 0.25) is 0 Å². The van der Waals surface area contributed by atoms with Gasteiger partial charge in [-0.15, -0.1) is 0 Å². The van der Waals surface area contributed by atoms with Crippen LogP contribution in [0.15, 0.2) is 30.3 Å². The molecular formula is C12H12NO4-. The van der Waals surface area contributed by atoms with E-state index in [4.69, 9.17) is 4.74 Å². The van der Waals surface area contributed by atoms with E-state index < -0.39 is 18.1 Å². The summed E-state index contributed by atoms with van der Waals surface area (Å²) in [6, 6.07) is 8.16. The van der Waals surface area contributed by atoms with Gasteiger partial charge in [0.05, 0.1) is 18.6 Å². The SMILES string of the molecule is O=C([O-])C(Cc1ccccc1)N1CCOC1=O. The molecule has 1 fully saturated rings. The Bertz CT molecular complexity index is 418. The molecule has 1 amide bonds. The minimum atomic E-state index is -1.26. The third-order valence-corrected chi connectivity index (χ3v) is 2.71. The molecule has 5 nitrogen and oxygen atoms in total. The summed E-state index contributed by atoms with van der Waals surface area (Å²) in [4.78, 5) is 23.6. The molecule has 0 N–H and O–H groups in total. The standard InChI is InChI=1S/C12H13NO4/c14-11(15)10(13-6-7-17-12(13)16)8-9-4-2-1-3-5-9/h1-5,10H,6-8H2,(H,14,15)/p-1. The van der Waals surface area contributed by atoms with Crippen molar-refractivity contribution in [1.82, 2.24) is 4.90 Å². The van der Waals surface area contributed by atoms with Crippen LogP contribution in [0.25, 0.3) is 0 Å². The number of ether oxygens (including phenoxy) is 1. The first kappa shape index (κ1) is 11.4. The minimum absolute atomic E-state index is 0.234. The van der Waals surface area contributed by atoms with Crippen LogP contribution in [0.5, 0.6) is 0 Å². The molecule has 1 atom stereocenters. The molecule has 0 saturated carbocycles. The van der Waals surface area contributed by atoms with Gasteiger partial charge < -0.3 is 14.6 Å². The van der Waals surface area contributed by atoms with E-state index >= 15 is 0 Å². The van der Waals surface area contributed by atoms with E-state index in [2.05, 4.69) is 0 Å². The zero-order chi connectivity index (χ0) is 12.3. The molecule has 1 saturated heterocycles. The number of rotatable bonds is 4. The van der Waals surface area contributed by atoms with Gasteiger partial charge in [0.15, 0.2) is 0 Å². The quantitative estimate of drug-likeness (QED) is 0.723. The Hall–Kier alpha value is -2.04. The topological polar surface area (TPSA) is 69.7 Å². The Kier molecular flexibility index (Phi) is 3.27. The van der Waals surface area contributed by atoms with Crippen molar-refractivity contribution in [2.75, 3.05) is 13.2 Å². The molecule has 0 radical (unpaired) electrons. The summed E-state index contributed by atoms with van der Waals surface area (Å²) in [5.74, 6) is -1.26. The molecule has 1 aromatic rings. The molecule has 0 spiro atoms. The molecule has 0 aliphatic carbocycles. The van der Waals surface area contributed by atoms with E-state index in [-0.39, 0.29) is 13.0 Å². The number of nitrogens with zero attached hydrogens (tertiary/aromatic N) is 1. The van der Waals surface area contributed by atoms with Crippen LogP contribution in [0, 0.1) is 0 Å². The fourth-order valence-electron chi connectivity index (χ4n) is 1.85. The molecule has 17 heavy (non-hydrogen) atoms. The van der Waals surface area contributed by atoms with Gasteiger partial charge in [-0.05, 0) is 12.0 Å². The Morgan fingerprint density at radius 2 is 2.12 bits per heavy atom. The summed E-state index contributed by atoms with van der Waals surface area (Å²) in [6.07, 6.45) is -0.353. The summed E-state index contributed by atoms with van der Waals surface area (Å²) in [6.45, 7) is 0.529. The molecule has 1 heterocycles. The highest BCUT2D eigenvalue weighted by Crippen LogP contribution is 2.13. The average Bonchev–Trinajstić information content (AvgIpc) is 2.73. The number of cyclic esters (lactones) is 1. The molecule has 0 aromatic heterocycles. The van der Waals surface area contributed by atoms with Crippen molar-refractivity contribution in [3.8, 4) is 0 Å². The maximum absolute atomic E-state index is 11.3. The molecular weight excluding hydrogens is 222 g/mol. The van der Waals surface area contributed by atoms with Gasteiger partial charge >= 0.3 is 6.09 Å². The first-order valence-corrected chi connectivity index (χ1v) is 5.36. The lowest BCUT2D eigenvalue weighted by molar-refractivity contribution is -0.310. The van der Waals surface area contributed by atoms with Crippen molar-refractivity contribution in [3.05, 3.63) is 35.9 Å². The smallest absolute Gasteiger partial charge is 0.410 e. The second kappa shape index (κ2) is 4.86. The molecule has 1 aliphatic rings. The van der Waals surface area contributed by atoms with Crippen LogP contribution in [-0.4, -0.2) is 36.2 Å². The van der Waals surface area contributed by atoms with Gasteiger partial charge in [0.25, 0.3) is 0 Å². The summed E-state index contributed by atoms with van der Waals surface area (Å²) in [7, 11) is 0. The monoisotopic (exact) mass is 234 g/mol. The van der Waals surface area contributed by atoms with Crippen LogP contribution in [0.3, 0.4) is 0 Å². The second-order valence-electron chi connectivity index (χ2n) is 3.83. The number of benzene rings is 1. The summed E-state index contributed by atoms with van der Waals surface area (Å²) in [5, 5.41) is 11.1. The van der Waals surface area contributed by atoms with E-state index in [9.17, 15) is 14.7 Å². The highest BCUT2D eigenvalue weighted by molar-refractivity contribution is 5.79. The van der Waals surface area contributed by atoms with Gasteiger partial charge in [0.1, 0.15) is 6.61 Å². The average molecular weight is 234 g/mol. The summed E-state index contributed by atoms with van der Waals surface area (Å²) < 4.78 is 4.73. The lowest BCUT2D eigenvalue weighted by atomic mass is 10.1. The van der Waals surface area contributed by atoms with Crippen LogP contribution < -0.4 is 5.11 Å². The molecule has 1 aromatic carbocycles. The summed E-state index contributed by atoms with van der Waals surface area (Å²) >= 11 is 0. The first-order chi connectivity index (χ1) is 8.18. The number of hydrogen-bond acceptors (Lipinski definition) is 4.